The fraction of sp³-hybridized carbons (Fsp3) is 0.300. The van der Waals surface area contributed by atoms with E-state index in [-0.39, 0.29) is 17.0 Å². The van der Waals surface area contributed by atoms with Crippen molar-refractivity contribution in [1.29, 1.82) is 0 Å². The zero-order chi connectivity index (χ0) is 19.8. The summed E-state index contributed by atoms with van der Waals surface area (Å²) in [5.41, 5.74) is 3.05. The van der Waals surface area contributed by atoms with Gasteiger partial charge in [-0.05, 0) is 44.0 Å². The molecular weight excluding hydrogens is 419 g/mol. The second-order valence-electron chi connectivity index (χ2n) is 6.98. The molecule has 1 amide bonds. The second-order valence-corrected chi connectivity index (χ2v) is 8.17. The van der Waals surface area contributed by atoms with Gasteiger partial charge in [0.15, 0.2) is 0 Å². The van der Waals surface area contributed by atoms with Gasteiger partial charge in [-0.2, -0.15) is 0 Å². The highest BCUT2D eigenvalue weighted by Crippen LogP contribution is 2.31. The molecule has 2 N–H and O–H groups in total. The summed E-state index contributed by atoms with van der Waals surface area (Å²) >= 11 is 18.4. The van der Waals surface area contributed by atoms with Gasteiger partial charge in [0.1, 0.15) is 5.69 Å². The van der Waals surface area contributed by atoms with Crippen molar-refractivity contribution in [3.05, 3.63) is 56.9 Å². The van der Waals surface area contributed by atoms with Crippen molar-refractivity contribution >= 4 is 57.3 Å². The molecule has 1 aliphatic heterocycles. The van der Waals surface area contributed by atoms with Crippen LogP contribution >= 0.6 is 34.8 Å². The number of pyridine rings is 1. The third kappa shape index (κ3) is 3.66. The van der Waals surface area contributed by atoms with Crippen LogP contribution in [-0.2, 0) is 0 Å². The molecule has 0 atom stereocenters. The lowest BCUT2D eigenvalue weighted by Gasteiger charge is -2.34. The molecule has 1 saturated heterocycles. The van der Waals surface area contributed by atoms with E-state index in [4.69, 9.17) is 34.8 Å². The number of H-pyrrole nitrogens is 1. The molecule has 8 heteroatoms. The monoisotopic (exact) mass is 436 g/mol. The quantitative estimate of drug-likeness (QED) is 0.590. The molecule has 3 aromatic rings. The number of nitrogens with one attached hydrogen (secondary N) is 2. The molecule has 2 aromatic heterocycles. The Labute approximate surface area is 178 Å². The Bertz CT molecular complexity index is 1040. The number of rotatable bonds is 3. The number of aromatic nitrogens is 2. The van der Waals surface area contributed by atoms with Crippen molar-refractivity contribution in [2.45, 2.75) is 25.8 Å². The number of fused-ring (bicyclic) bond motifs is 1. The van der Waals surface area contributed by atoms with Gasteiger partial charge in [0.2, 0.25) is 0 Å². The number of halogens is 3. The number of carbonyl (C=O) groups is 1. The molecule has 0 bridgehead atoms. The van der Waals surface area contributed by atoms with Gasteiger partial charge in [0.05, 0.1) is 15.6 Å². The number of hydrogen-bond donors (Lipinski definition) is 2. The minimum Gasteiger partial charge on any atom is -0.371 e. The molecule has 0 spiro atoms. The normalized spacial score (nSPS) is 15.2. The van der Waals surface area contributed by atoms with Crippen LogP contribution in [-0.4, -0.2) is 35.0 Å². The molecule has 3 heterocycles. The molecule has 1 fully saturated rings. The summed E-state index contributed by atoms with van der Waals surface area (Å²) in [6.45, 7) is 3.44. The Morgan fingerprint density at radius 2 is 1.93 bits per heavy atom. The molecular formula is C20H19Cl3N4O. The smallest absolute Gasteiger partial charge is 0.269 e. The summed E-state index contributed by atoms with van der Waals surface area (Å²) in [4.78, 5) is 22.2. The number of anilines is 1. The van der Waals surface area contributed by atoms with Gasteiger partial charge in [0, 0.05) is 47.1 Å². The molecule has 5 nitrogen and oxygen atoms in total. The number of benzene rings is 1. The third-order valence-electron chi connectivity index (χ3n) is 5.13. The molecule has 0 unspecified atom stereocenters. The van der Waals surface area contributed by atoms with E-state index in [0.717, 1.165) is 42.5 Å². The lowest BCUT2D eigenvalue weighted by atomic mass is 10.0. The lowest BCUT2D eigenvalue weighted by Crippen LogP contribution is -2.45. The van der Waals surface area contributed by atoms with E-state index in [1.165, 1.54) is 0 Å². The second kappa shape index (κ2) is 7.82. The summed E-state index contributed by atoms with van der Waals surface area (Å²) in [5.74, 6) is -0.223. The first-order valence-corrected chi connectivity index (χ1v) is 10.2. The average Bonchev–Trinajstić information content (AvgIpc) is 2.95. The molecule has 0 radical (unpaired) electrons. The van der Waals surface area contributed by atoms with Crippen LogP contribution in [0.2, 0.25) is 15.1 Å². The van der Waals surface area contributed by atoms with Crippen molar-refractivity contribution in [2.75, 3.05) is 18.0 Å². The Kier molecular flexibility index (Phi) is 5.41. The van der Waals surface area contributed by atoms with E-state index in [9.17, 15) is 4.79 Å². The number of aromatic amines is 1. The number of nitrogens with zero attached hydrogens (tertiary/aromatic N) is 2. The van der Waals surface area contributed by atoms with Crippen molar-refractivity contribution in [3.8, 4) is 0 Å². The largest absolute Gasteiger partial charge is 0.371 e. The van der Waals surface area contributed by atoms with E-state index in [2.05, 4.69) is 20.2 Å². The minimum absolute atomic E-state index is 0.0823. The summed E-state index contributed by atoms with van der Waals surface area (Å²) in [6, 6.07) is 7.83. The highest BCUT2D eigenvalue weighted by Gasteiger charge is 2.25. The van der Waals surface area contributed by atoms with Crippen LogP contribution in [0.4, 0.5) is 5.69 Å². The highest BCUT2D eigenvalue weighted by atomic mass is 35.5. The van der Waals surface area contributed by atoms with Crippen LogP contribution < -0.4 is 10.2 Å². The van der Waals surface area contributed by atoms with Crippen LogP contribution in [0, 0.1) is 6.92 Å². The number of piperidine rings is 1. The van der Waals surface area contributed by atoms with Crippen LogP contribution in [0.3, 0.4) is 0 Å². The average molecular weight is 438 g/mol. The van der Waals surface area contributed by atoms with Gasteiger partial charge < -0.3 is 15.2 Å². The van der Waals surface area contributed by atoms with Crippen molar-refractivity contribution in [2.24, 2.45) is 0 Å². The molecule has 1 aliphatic rings. The summed E-state index contributed by atoms with van der Waals surface area (Å²) in [6.07, 6.45) is 3.49. The molecule has 4 rings (SSSR count). The number of aryl methyl sites for hydroxylation is 1. The Balaban J connectivity index is 1.45. The zero-order valence-corrected chi connectivity index (χ0v) is 17.5. The zero-order valence-electron chi connectivity index (χ0n) is 15.2. The SMILES string of the molecule is Cc1[nH]c(C(=O)NC2CCN(c3ccnc4ccc(Cl)cc34)CC2)c(Cl)c1Cl. The van der Waals surface area contributed by atoms with Crippen LogP contribution in [0.1, 0.15) is 29.0 Å². The maximum Gasteiger partial charge on any atom is 0.269 e. The first-order chi connectivity index (χ1) is 13.4. The van der Waals surface area contributed by atoms with Crippen LogP contribution in [0.25, 0.3) is 10.9 Å². The molecule has 146 valence electrons. The summed E-state index contributed by atoms with van der Waals surface area (Å²) in [7, 11) is 0. The van der Waals surface area contributed by atoms with Gasteiger partial charge in [-0.3, -0.25) is 9.78 Å². The maximum atomic E-state index is 12.5. The Hall–Kier alpha value is -1.95. The predicted octanol–water partition coefficient (Wildman–Crippen LogP) is 5.23. The predicted molar refractivity (Wildman–Crippen MR) is 115 cm³/mol. The first kappa shape index (κ1) is 19.4. The van der Waals surface area contributed by atoms with E-state index in [0.29, 0.717) is 21.4 Å². The van der Waals surface area contributed by atoms with E-state index in [1.807, 2.05) is 30.5 Å². The fourth-order valence-corrected chi connectivity index (χ4v) is 4.22. The van der Waals surface area contributed by atoms with Gasteiger partial charge in [0.25, 0.3) is 5.91 Å². The maximum absolute atomic E-state index is 12.5. The first-order valence-electron chi connectivity index (χ1n) is 9.07. The van der Waals surface area contributed by atoms with E-state index in [1.54, 1.807) is 6.92 Å². The van der Waals surface area contributed by atoms with Crippen LogP contribution in [0.15, 0.2) is 30.5 Å². The van der Waals surface area contributed by atoms with E-state index < -0.39 is 0 Å². The van der Waals surface area contributed by atoms with Gasteiger partial charge in [-0.1, -0.05) is 34.8 Å². The van der Waals surface area contributed by atoms with Crippen molar-refractivity contribution in [1.82, 2.24) is 15.3 Å². The molecule has 28 heavy (non-hydrogen) atoms. The number of hydrogen-bond acceptors (Lipinski definition) is 3. The standard InChI is InChI=1S/C20H19Cl3N4O/c1-11-17(22)18(23)19(25-11)20(28)26-13-5-8-27(9-6-13)16-4-7-24-15-3-2-12(21)10-14(15)16/h2-4,7,10,13,25H,5-6,8-9H2,1H3,(H,26,28). The number of amides is 1. The van der Waals surface area contributed by atoms with Crippen LogP contribution in [0.5, 0.6) is 0 Å². The Morgan fingerprint density at radius 3 is 2.61 bits per heavy atom. The minimum atomic E-state index is -0.223. The lowest BCUT2D eigenvalue weighted by molar-refractivity contribution is 0.0926. The summed E-state index contributed by atoms with van der Waals surface area (Å²) in [5, 5.41) is 5.46. The van der Waals surface area contributed by atoms with Gasteiger partial charge in [-0.25, -0.2) is 0 Å². The molecule has 0 aliphatic carbocycles. The van der Waals surface area contributed by atoms with Crippen molar-refractivity contribution < 1.29 is 4.79 Å². The number of carbonyl (C=O) groups excluding carboxylic acids is 1. The Morgan fingerprint density at radius 1 is 1.18 bits per heavy atom. The van der Waals surface area contributed by atoms with Gasteiger partial charge >= 0.3 is 0 Å². The van der Waals surface area contributed by atoms with E-state index >= 15 is 0 Å². The summed E-state index contributed by atoms with van der Waals surface area (Å²) < 4.78 is 0. The van der Waals surface area contributed by atoms with Crippen molar-refractivity contribution in [3.63, 3.8) is 0 Å². The highest BCUT2D eigenvalue weighted by molar-refractivity contribution is 6.44. The topological polar surface area (TPSA) is 61.0 Å². The fourth-order valence-electron chi connectivity index (χ4n) is 3.63. The van der Waals surface area contributed by atoms with Gasteiger partial charge in [-0.15, -0.1) is 0 Å². The molecule has 1 aromatic carbocycles. The molecule has 0 saturated carbocycles. The third-order valence-corrected chi connectivity index (χ3v) is 6.31.